The summed E-state index contributed by atoms with van der Waals surface area (Å²) >= 11 is 0. The first-order chi connectivity index (χ1) is 30.0. The van der Waals surface area contributed by atoms with E-state index >= 15 is 0 Å². The van der Waals surface area contributed by atoms with Gasteiger partial charge in [-0.25, -0.2) is 0 Å². The topological polar surface area (TPSA) is 111 Å². The largest absolute Gasteiger partial charge is 0.756 e. The first kappa shape index (κ1) is 58.7. The molecule has 0 fully saturated rings. The van der Waals surface area contributed by atoms with Crippen LogP contribution in [0.4, 0.5) is 0 Å². The molecule has 0 aromatic rings. The molecule has 0 aliphatic carbocycles. The van der Waals surface area contributed by atoms with E-state index in [1.54, 1.807) is 0 Å². The Hall–Kier alpha value is -3.33. The van der Waals surface area contributed by atoms with Crippen molar-refractivity contribution in [3.8, 4) is 0 Å². The van der Waals surface area contributed by atoms with Gasteiger partial charge in [0.05, 0.1) is 27.7 Å². The zero-order valence-electron chi connectivity index (χ0n) is 39.5. The van der Waals surface area contributed by atoms with Gasteiger partial charge in [-0.05, 0) is 96.3 Å². The molecule has 0 aliphatic heterocycles. The third kappa shape index (κ3) is 46.2. The Morgan fingerprint density at radius 2 is 0.871 bits per heavy atom. The molecule has 62 heavy (non-hydrogen) atoms. The van der Waals surface area contributed by atoms with E-state index < -0.39 is 32.5 Å². The summed E-state index contributed by atoms with van der Waals surface area (Å²) in [5.41, 5.74) is 0. The maximum absolute atomic E-state index is 12.7. The third-order valence-corrected chi connectivity index (χ3v) is 10.3. The predicted molar refractivity (Wildman–Crippen MR) is 258 cm³/mol. The van der Waals surface area contributed by atoms with Crippen molar-refractivity contribution < 1.29 is 42.1 Å². The summed E-state index contributed by atoms with van der Waals surface area (Å²) in [4.78, 5) is 37.6. The highest BCUT2D eigenvalue weighted by Crippen LogP contribution is 2.38. The maximum atomic E-state index is 12.7. The normalized spacial score (nSPS) is 14.5. The van der Waals surface area contributed by atoms with E-state index in [9.17, 15) is 19.0 Å². The maximum Gasteiger partial charge on any atom is 0.306 e. The van der Waals surface area contributed by atoms with Crippen molar-refractivity contribution in [3.05, 3.63) is 109 Å². The lowest BCUT2D eigenvalue weighted by Crippen LogP contribution is -2.37. The van der Waals surface area contributed by atoms with Gasteiger partial charge in [0.1, 0.15) is 19.8 Å². The first-order valence-electron chi connectivity index (χ1n) is 23.6. The number of phosphoric acid groups is 1. The fraction of sp³-hybridized carbons (Fsp3) is 0.615. The second-order valence-electron chi connectivity index (χ2n) is 16.4. The number of rotatable bonds is 41. The number of hydrogen-bond acceptors (Lipinski definition) is 8. The third-order valence-electron chi connectivity index (χ3n) is 9.29. The van der Waals surface area contributed by atoms with Crippen molar-refractivity contribution in [2.24, 2.45) is 0 Å². The molecule has 10 heteroatoms. The van der Waals surface area contributed by atoms with E-state index in [-0.39, 0.29) is 26.1 Å². The van der Waals surface area contributed by atoms with E-state index in [1.165, 1.54) is 0 Å². The monoisotopic (exact) mass is 884 g/mol. The molecular formula is C52H86NO8P. The summed E-state index contributed by atoms with van der Waals surface area (Å²) < 4.78 is 33.9. The lowest BCUT2D eigenvalue weighted by atomic mass is 10.1. The average Bonchev–Trinajstić information content (AvgIpc) is 3.23. The van der Waals surface area contributed by atoms with Crippen molar-refractivity contribution in [3.63, 3.8) is 0 Å². The Morgan fingerprint density at radius 3 is 1.29 bits per heavy atom. The van der Waals surface area contributed by atoms with Gasteiger partial charge in [-0.2, -0.15) is 0 Å². The van der Waals surface area contributed by atoms with Crippen LogP contribution in [0.25, 0.3) is 0 Å². The highest BCUT2D eigenvalue weighted by molar-refractivity contribution is 7.45. The smallest absolute Gasteiger partial charge is 0.306 e. The van der Waals surface area contributed by atoms with Crippen LogP contribution in [-0.2, 0) is 32.7 Å². The van der Waals surface area contributed by atoms with Crippen LogP contribution in [0.1, 0.15) is 155 Å². The van der Waals surface area contributed by atoms with Crippen LogP contribution in [0, 0.1) is 0 Å². The fourth-order valence-corrected chi connectivity index (χ4v) is 6.40. The molecule has 352 valence electrons. The molecular weight excluding hydrogens is 798 g/mol. The number of hydrogen-bond donors (Lipinski definition) is 0. The summed E-state index contributed by atoms with van der Waals surface area (Å²) in [6.45, 7) is 3.92. The highest BCUT2D eigenvalue weighted by Gasteiger charge is 2.21. The first-order valence-corrected chi connectivity index (χ1v) is 25.1. The Morgan fingerprint density at radius 1 is 0.500 bits per heavy atom. The van der Waals surface area contributed by atoms with Crippen LogP contribution in [-0.4, -0.2) is 70.0 Å². The van der Waals surface area contributed by atoms with E-state index in [4.69, 9.17) is 18.5 Å². The Balaban J connectivity index is 4.43. The number of unbranched alkanes of at least 4 members (excludes halogenated alkanes) is 9. The summed E-state index contributed by atoms with van der Waals surface area (Å²) in [5, 5.41) is 0. The molecule has 0 spiro atoms. The van der Waals surface area contributed by atoms with Crippen molar-refractivity contribution in [2.45, 2.75) is 161 Å². The SMILES string of the molecule is CC/C=C\C/C=C\C/C=C\C/C=C\C/C=C\CCCCCCCC(=O)OC(COC(=O)CCCCCC/C=C\C/C=C\C/C=C\C/C=C\CC)COP(=O)([O-])OCC[N+](C)(C)C. The van der Waals surface area contributed by atoms with E-state index in [0.29, 0.717) is 23.9 Å². The predicted octanol–water partition coefficient (Wildman–Crippen LogP) is 13.3. The molecule has 0 amide bonds. The van der Waals surface area contributed by atoms with Crippen LogP contribution in [0.15, 0.2) is 109 Å². The molecule has 0 saturated heterocycles. The summed E-state index contributed by atoms with van der Waals surface area (Å²) in [7, 11) is 1.11. The molecule has 0 saturated carbocycles. The summed E-state index contributed by atoms with van der Waals surface area (Å²) in [5.74, 6) is -0.896. The molecule has 0 aliphatic rings. The van der Waals surface area contributed by atoms with Gasteiger partial charge in [0, 0.05) is 12.8 Å². The van der Waals surface area contributed by atoms with Gasteiger partial charge in [0.2, 0.25) is 0 Å². The lowest BCUT2D eigenvalue weighted by molar-refractivity contribution is -0.870. The number of phosphoric ester groups is 1. The van der Waals surface area contributed by atoms with Gasteiger partial charge in [-0.15, -0.1) is 0 Å². The van der Waals surface area contributed by atoms with Crippen LogP contribution in [0.2, 0.25) is 0 Å². The van der Waals surface area contributed by atoms with Crippen molar-refractivity contribution in [1.29, 1.82) is 0 Å². The molecule has 0 N–H and O–H groups in total. The summed E-state index contributed by atoms with van der Waals surface area (Å²) in [6.07, 6.45) is 58.3. The molecule has 0 rings (SSSR count). The zero-order chi connectivity index (χ0) is 45.7. The van der Waals surface area contributed by atoms with E-state index in [1.807, 2.05) is 21.1 Å². The average molecular weight is 884 g/mol. The van der Waals surface area contributed by atoms with Crippen LogP contribution < -0.4 is 4.89 Å². The summed E-state index contributed by atoms with van der Waals surface area (Å²) in [6, 6.07) is 0. The van der Waals surface area contributed by atoms with Gasteiger partial charge in [-0.3, -0.25) is 14.2 Å². The van der Waals surface area contributed by atoms with E-state index in [2.05, 4.69) is 123 Å². The molecule has 0 aromatic heterocycles. The lowest BCUT2D eigenvalue weighted by Gasteiger charge is -2.28. The quantitative estimate of drug-likeness (QED) is 0.0196. The van der Waals surface area contributed by atoms with Gasteiger partial charge in [-0.1, -0.05) is 155 Å². The van der Waals surface area contributed by atoms with E-state index in [0.717, 1.165) is 116 Å². The van der Waals surface area contributed by atoms with Crippen LogP contribution in [0.3, 0.4) is 0 Å². The second kappa shape index (κ2) is 42.9. The van der Waals surface area contributed by atoms with Crippen LogP contribution >= 0.6 is 7.82 Å². The van der Waals surface area contributed by atoms with Crippen molar-refractivity contribution in [2.75, 3.05) is 47.5 Å². The Labute approximate surface area is 378 Å². The highest BCUT2D eigenvalue weighted by atomic mass is 31.2. The zero-order valence-corrected chi connectivity index (χ0v) is 40.4. The van der Waals surface area contributed by atoms with Gasteiger partial charge < -0.3 is 27.9 Å². The van der Waals surface area contributed by atoms with Gasteiger partial charge >= 0.3 is 11.9 Å². The molecule has 9 nitrogen and oxygen atoms in total. The minimum atomic E-state index is -4.65. The van der Waals surface area contributed by atoms with Gasteiger partial charge in [0.25, 0.3) is 7.82 Å². The fourth-order valence-electron chi connectivity index (χ4n) is 5.67. The van der Waals surface area contributed by atoms with Crippen LogP contribution in [0.5, 0.6) is 0 Å². The number of nitrogens with zero attached hydrogens (tertiary/aromatic N) is 1. The molecule has 0 radical (unpaired) electrons. The number of likely N-dealkylation sites (N-methyl/N-ethyl adjacent to an activating group) is 1. The van der Waals surface area contributed by atoms with Crippen molar-refractivity contribution in [1.82, 2.24) is 0 Å². The number of carbonyl (C=O) groups excluding carboxylic acids is 2. The van der Waals surface area contributed by atoms with Crippen molar-refractivity contribution >= 4 is 19.8 Å². The molecule has 2 unspecified atom stereocenters. The second-order valence-corrected chi connectivity index (χ2v) is 17.8. The number of allylic oxidation sites excluding steroid dienone is 18. The standard InChI is InChI=1S/C52H86NO8P/c1-6-8-10-12-14-16-18-20-22-24-25-26-27-29-31-33-35-37-39-41-43-45-52(55)61-50(49-60-62(56,57)59-47-46-53(3,4)5)48-58-51(54)44-42-40-38-36-34-32-30-28-23-21-19-17-15-13-11-9-7-2/h8-11,14-17,20-23,25-26,29-32,50H,6-7,12-13,18-19,24,27-28,33-49H2,1-5H3/b10-8-,11-9-,16-14-,17-15-,22-20-,23-21-,26-25-,31-29-,32-30-. The Kier molecular flexibility index (Phi) is 40.6. The molecule has 0 heterocycles. The number of ether oxygens (including phenoxy) is 2. The minimum Gasteiger partial charge on any atom is -0.756 e. The molecule has 0 bridgehead atoms. The van der Waals surface area contributed by atoms with Gasteiger partial charge in [0.15, 0.2) is 6.10 Å². The number of carbonyl (C=O) groups is 2. The molecule has 2 atom stereocenters. The number of esters is 2. The number of quaternary nitrogens is 1. The Bertz CT molecular complexity index is 1420. The minimum absolute atomic E-state index is 0.0462. The molecule has 0 aromatic carbocycles.